The summed E-state index contributed by atoms with van der Waals surface area (Å²) in [5.41, 5.74) is 12.6. The van der Waals surface area contributed by atoms with Gasteiger partial charge in [0, 0.05) is 36.4 Å². The monoisotopic (exact) mass is 476 g/mol. The average Bonchev–Trinajstić information content (AvgIpc) is 2.96. The largest absolute Gasteiger partial charge is 0.381 e. The molecule has 1 saturated heterocycles. The number of benzene rings is 1. The lowest BCUT2D eigenvalue weighted by Gasteiger charge is -2.42. The first kappa shape index (κ1) is 22.2. The number of anilines is 2. The molecule has 7 nitrogen and oxygen atoms in total. The lowest BCUT2D eigenvalue weighted by Crippen LogP contribution is -2.48. The maximum absolute atomic E-state index is 12.2. The molecule has 10 heteroatoms. The van der Waals surface area contributed by atoms with E-state index in [4.69, 9.17) is 34.7 Å². The number of carbonyl (C=O) groups excluding carboxylic acids is 1. The molecule has 0 radical (unpaired) electrons. The number of nitrogens with two attached hydrogens (primary N) is 2. The molecule has 1 aromatic carbocycles. The van der Waals surface area contributed by atoms with Gasteiger partial charge >= 0.3 is 0 Å². The quantitative estimate of drug-likeness (QED) is 0.683. The second kappa shape index (κ2) is 8.47. The number of halogens is 2. The van der Waals surface area contributed by atoms with Crippen molar-refractivity contribution in [2.75, 3.05) is 23.7 Å². The highest BCUT2D eigenvalue weighted by Gasteiger charge is 2.50. The number of hydrogen-bond donors (Lipinski definition) is 2. The number of piperidine rings is 1. The second-order valence-electron chi connectivity index (χ2n) is 8.16. The summed E-state index contributed by atoms with van der Waals surface area (Å²) in [6.45, 7) is 3.20. The molecule has 2 aromatic rings. The van der Waals surface area contributed by atoms with Gasteiger partial charge in [0.1, 0.15) is 16.9 Å². The Morgan fingerprint density at radius 3 is 2.61 bits per heavy atom. The molecule has 4 N–H and O–H groups in total. The van der Waals surface area contributed by atoms with Crippen LogP contribution in [0.3, 0.4) is 0 Å². The van der Waals surface area contributed by atoms with Crippen molar-refractivity contribution in [3.8, 4) is 6.07 Å². The van der Waals surface area contributed by atoms with Gasteiger partial charge in [0.25, 0.3) is 0 Å². The fourth-order valence-corrected chi connectivity index (χ4v) is 5.81. The summed E-state index contributed by atoms with van der Waals surface area (Å²) >= 11 is 13.6. The molecule has 4 rings (SSSR count). The third-order valence-corrected chi connectivity index (χ3v) is 8.42. The van der Waals surface area contributed by atoms with Crippen molar-refractivity contribution < 1.29 is 4.79 Å². The van der Waals surface area contributed by atoms with Gasteiger partial charge in [-0.25, -0.2) is 9.97 Å². The second-order valence-corrected chi connectivity index (χ2v) is 9.97. The highest BCUT2D eigenvalue weighted by Crippen LogP contribution is 2.47. The SMILES string of the molecule is C[C@@H]1C(=O)CC2(CCN(c3nc(N)c(Sc4cccc(Cl)c4Cl)nc3C#N)CC2)[C@H]1N. The van der Waals surface area contributed by atoms with Crippen LogP contribution in [0.25, 0.3) is 0 Å². The van der Waals surface area contributed by atoms with E-state index in [0.717, 1.165) is 12.8 Å². The van der Waals surface area contributed by atoms with Crippen molar-refractivity contribution >= 4 is 52.4 Å². The molecule has 31 heavy (non-hydrogen) atoms. The minimum absolute atomic E-state index is 0.105. The van der Waals surface area contributed by atoms with Crippen molar-refractivity contribution in [3.63, 3.8) is 0 Å². The number of aromatic nitrogens is 2. The van der Waals surface area contributed by atoms with Crippen LogP contribution in [0.15, 0.2) is 28.1 Å². The van der Waals surface area contributed by atoms with Crippen molar-refractivity contribution in [2.24, 2.45) is 17.1 Å². The fourth-order valence-electron chi connectivity index (χ4n) is 4.49. The molecule has 0 bridgehead atoms. The molecular formula is C21H22Cl2N6OS. The van der Waals surface area contributed by atoms with Gasteiger partial charge in [-0.3, -0.25) is 4.79 Å². The predicted octanol–water partition coefficient (Wildman–Crippen LogP) is 3.91. The molecule has 2 fully saturated rings. The van der Waals surface area contributed by atoms with E-state index < -0.39 is 0 Å². The van der Waals surface area contributed by atoms with E-state index in [2.05, 4.69) is 16.0 Å². The molecule has 2 atom stereocenters. The molecule has 0 amide bonds. The van der Waals surface area contributed by atoms with Crippen molar-refractivity contribution in [1.29, 1.82) is 5.26 Å². The van der Waals surface area contributed by atoms with Gasteiger partial charge in [-0.2, -0.15) is 5.26 Å². The minimum atomic E-state index is -0.169. The lowest BCUT2D eigenvalue weighted by molar-refractivity contribution is -0.120. The number of rotatable bonds is 3. The lowest BCUT2D eigenvalue weighted by atomic mass is 9.73. The molecule has 1 aliphatic heterocycles. The van der Waals surface area contributed by atoms with Crippen LogP contribution < -0.4 is 16.4 Å². The zero-order chi connectivity index (χ0) is 22.3. The molecule has 162 valence electrons. The molecule has 1 aliphatic carbocycles. The first-order chi connectivity index (χ1) is 14.8. The minimum Gasteiger partial charge on any atom is -0.381 e. The van der Waals surface area contributed by atoms with E-state index >= 15 is 0 Å². The Labute approximate surface area is 195 Å². The topological polar surface area (TPSA) is 122 Å². The maximum Gasteiger partial charge on any atom is 0.184 e. The van der Waals surface area contributed by atoms with Gasteiger partial charge in [0.05, 0.1) is 10.0 Å². The summed E-state index contributed by atoms with van der Waals surface area (Å²) in [4.78, 5) is 23.8. The summed E-state index contributed by atoms with van der Waals surface area (Å²) < 4.78 is 0. The Morgan fingerprint density at radius 2 is 2.00 bits per heavy atom. The zero-order valence-electron chi connectivity index (χ0n) is 16.9. The first-order valence-corrected chi connectivity index (χ1v) is 11.6. The third kappa shape index (κ3) is 3.96. The number of nitriles is 1. The maximum atomic E-state index is 12.2. The normalized spacial score (nSPS) is 22.7. The molecule has 1 aromatic heterocycles. The van der Waals surface area contributed by atoms with Crippen LogP contribution in [-0.2, 0) is 4.79 Å². The van der Waals surface area contributed by atoms with Gasteiger partial charge in [-0.1, -0.05) is 48.0 Å². The number of nitrogen functional groups attached to an aromatic ring is 1. The van der Waals surface area contributed by atoms with Crippen LogP contribution in [0, 0.1) is 22.7 Å². The summed E-state index contributed by atoms with van der Waals surface area (Å²) in [6, 6.07) is 7.28. The summed E-state index contributed by atoms with van der Waals surface area (Å²) in [5, 5.41) is 10.9. The number of carbonyl (C=O) groups is 1. The van der Waals surface area contributed by atoms with Crippen LogP contribution in [0.4, 0.5) is 11.6 Å². The number of ketones is 1. The van der Waals surface area contributed by atoms with Crippen molar-refractivity contribution in [1.82, 2.24) is 9.97 Å². The molecule has 1 saturated carbocycles. The summed E-state index contributed by atoms with van der Waals surface area (Å²) in [7, 11) is 0. The molecular weight excluding hydrogens is 455 g/mol. The van der Waals surface area contributed by atoms with E-state index in [9.17, 15) is 10.1 Å². The fraction of sp³-hybridized carbons (Fsp3) is 0.429. The van der Waals surface area contributed by atoms with Gasteiger partial charge in [0.15, 0.2) is 17.3 Å². The van der Waals surface area contributed by atoms with Gasteiger partial charge in [-0.05, 0) is 30.4 Å². The van der Waals surface area contributed by atoms with E-state index in [1.807, 2.05) is 11.8 Å². The molecule has 1 spiro atoms. The van der Waals surface area contributed by atoms with Crippen molar-refractivity contribution in [2.45, 2.75) is 42.1 Å². The Bertz CT molecular complexity index is 1080. The van der Waals surface area contributed by atoms with Crippen LogP contribution in [0.5, 0.6) is 0 Å². The summed E-state index contributed by atoms with van der Waals surface area (Å²) in [6.07, 6.45) is 2.06. The molecule has 2 aliphatic rings. The Kier molecular flexibility index (Phi) is 6.05. The zero-order valence-corrected chi connectivity index (χ0v) is 19.3. The van der Waals surface area contributed by atoms with E-state index in [0.29, 0.717) is 45.3 Å². The van der Waals surface area contributed by atoms with E-state index in [-0.39, 0.29) is 34.7 Å². The van der Waals surface area contributed by atoms with E-state index in [1.165, 1.54) is 11.8 Å². The molecule has 2 heterocycles. The van der Waals surface area contributed by atoms with Crippen LogP contribution in [0.1, 0.15) is 31.9 Å². The van der Waals surface area contributed by atoms with Crippen LogP contribution in [-0.4, -0.2) is 34.9 Å². The Hall–Kier alpha value is -2.05. The first-order valence-electron chi connectivity index (χ1n) is 9.98. The van der Waals surface area contributed by atoms with E-state index in [1.54, 1.807) is 18.2 Å². The van der Waals surface area contributed by atoms with Gasteiger partial charge < -0.3 is 16.4 Å². The molecule has 0 unspecified atom stereocenters. The third-order valence-electron chi connectivity index (χ3n) is 6.44. The standard InChI is InChI=1S/C21H22Cl2N6OS/c1-11-14(30)9-21(17(11)25)5-7-29(8-6-21)19-13(10-24)27-20(18(26)28-19)31-15-4-2-3-12(22)16(15)23/h2-4,11,17H,5-9,25H2,1H3,(H2,26,28)/t11-,17+/m1/s1. The summed E-state index contributed by atoms with van der Waals surface area (Å²) in [5.74, 6) is 0.814. The number of Topliss-reactive ketones (excluding diaryl/α,β-unsaturated/α-hetero) is 1. The predicted molar refractivity (Wildman–Crippen MR) is 122 cm³/mol. The smallest absolute Gasteiger partial charge is 0.184 e. The van der Waals surface area contributed by atoms with Crippen LogP contribution >= 0.6 is 35.0 Å². The Balaban J connectivity index is 1.57. The number of nitrogens with zero attached hydrogens (tertiary/aromatic N) is 4. The highest BCUT2D eigenvalue weighted by molar-refractivity contribution is 7.99. The number of hydrogen-bond acceptors (Lipinski definition) is 8. The highest BCUT2D eigenvalue weighted by atomic mass is 35.5. The average molecular weight is 477 g/mol. The Morgan fingerprint density at radius 1 is 1.29 bits per heavy atom. The van der Waals surface area contributed by atoms with Gasteiger partial charge in [0.2, 0.25) is 0 Å². The van der Waals surface area contributed by atoms with Crippen molar-refractivity contribution in [3.05, 3.63) is 33.9 Å². The van der Waals surface area contributed by atoms with Gasteiger partial charge in [-0.15, -0.1) is 0 Å². The van der Waals surface area contributed by atoms with Crippen LogP contribution in [0.2, 0.25) is 10.0 Å².